The zero-order chi connectivity index (χ0) is 19.9. The van der Waals surface area contributed by atoms with Crippen molar-refractivity contribution in [2.24, 2.45) is 0 Å². The van der Waals surface area contributed by atoms with E-state index in [1.165, 1.54) is 11.1 Å². The first kappa shape index (κ1) is 20.1. The van der Waals surface area contributed by atoms with Gasteiger partial charge in [0.25, 0.3) is 0 Å². The quantitative estimate of drug-likeness (QED) is 0.724. The smallest absolute Gasteiger partial charge is 0.249 e. The van der Waals surface area contributed by atoms with Gasteiger partial charge in [-0.1, -0.05) is 60.7 Å². The van der Waals surface area contributed by atoms with E-state index < -0.39 is 0 Å². The summed E-state index contributed by atoms with van der Waals surface area (Å²) in [5.41, 5.74) is 2.44. The van der Waals surface area contributed by atoms with Crippen LogP contribution in [0.15, 0.2) is 60.7 Å². The number of hydrogen-bond donors (Lipinski definition) is 0. The molecular weight excluding hydrogens is 364 g/mol. The second kappa shape index (κ2) is 10.0. The predicted molar refractivity (Wildman–Crippen MR) is 113 cm³/mol. The summed E-state index contributed by atoms with van der Waals surface area (Å²) in [7, 11) is 0. The maximum absolute atomic E-state index is 13.0. The highest BCUT2D eigenvalue weighted by Gasteiger charge is 2.35. The third kappa shape index (κ3) is 5.24. The van der Waals surface area contributed by atoms with E-state index in [2.05, 4.69) is 58.3 Å². The molecule has 2 saturated heterocycles. The maximum atomic E-state index is 13.0. The number of amides is 1. The molecule has 2 atom stereocenters. The molecule has 0 saturated carbocycles. The van der Waals surface area contributed by atoms with E-state index in [4.69, 9.17) is 9.47 Å². The van der Waals surface area contributed by atoms with Crippen LogP contribution in [0.5, 0.6) is 0 Å². The van der Waals surface area contributed by atoms with Gasteiger partial charge in [-0.25, -0.2) is 0 Å². The van der Waals surface area contributed by atoms with Crippen LogP contribution in [0.25, 0.3) is 0 Å². The Bertz CT molecular complexity index is 762. The minimum absolute atomic E-state index is 0.0496. The highest BCUT2D eigenvalue weighted by molar-refractivity contribution is 5.79. The van der Waals surface area contributed by atoms with Gasteiger partial charge in [-0.05, 0) is 24.0 Å². The molecule has 2 aliphatic heterocycles. The lowest BCUT2D eigenvalue weighted by Crippen LogP contribution is -2.52. The summed E-state index contributed by atoms with van der Waals surface area (Å²) >= 11 is 0. The van der Waals surface area contributed by atoms with E-state index in [1.807, 2.05) is 12.1 Å². The molecule has 0 aliphatic carbocycles. The Hall–Kier alpha value is -2.21. The minimum atomic E-state index is 0.0496. The molecule has 0 aromatic heterocycles. The Morgan fingerprint density at radius 1 is 0.931 bits per heavy atom. The van der Waals surface area contributed by atoms with Gasteiger partial charge in [-0.2, -0.15) is 0 Å². The van der Waals surface area contributed by atoms with Crippen LogP contribution >= 0.6 is 0 Å². The summed E-state index contributed by atoms with van der Waals surface area (Å²) in [6, 6.07) is 20.9. The van der Waals surface area contributed by atoms with Crippen LogP contribution < -0.4 is 0 Å². The van der Waals surface area contributed by atoms with E-state index in [9.17, 15) is 4.79 Å². The highest BCUT2D eigenvalue weighted by Crippen LogP contribution is 2.30. The number of morpholine rings is 2. The zero-order valence-electron chi connectivity index (χ0n) is 16.9. The number of ether oxygens (including phenoxy) is 2. The number of carbonyl (C=O) groups excluding carboxylic acids is 1. The van der Waals surface area contributed by atoms with Crippen LogP contribution in [-0.4, -0.2) is 67.8 Å². The second-order valence-electron chi connectivity index (χ2n) is 7.83. The van der Waals surface area contributed by atoms with Crippen molar-refractivity contribution in [1.29, 1.82) is 0 Å². The Balaban J connectivity index is 1.56. The van der Waals surface area contributed by atoms with E-state index in [0.29, 0.717) is 6.61 Å². The Kier molecular flexibility index (Phi) is 6.93. The summed E-state index contributed by atoms with van der Waals surface area (Å²) in [6.07, 6.45) is 1.73. The molecular formula is C24H30N2O3. The summed E-state index contributed by atoms with van der Waals surface area (Å²) in [5, 5.41) is 0. The number of hydrogen-bond acceptors (Lipinski definition) is 4. The molecule has 0 bridgehead atoms. The highest BCUT2D eigenvalue weighted by atomic mass is 16.5. The number of benzene rings is 2. The molecule has 4 rings (SSSR count). The topological polar surface area (TPSA) is 42.0 Å². The molecule has 5 nitrogen and oxygen atoms in total. The van der Waals surface area contributed by atoms with Gasteiger partial charge in [0.2, 0.25) is 5.91 Å². The van der Waals surface area contributed by atoms with Crippen LogP contribution in [0.1, 0.15) is 23.6 Å². The van der Waals surface area contributed by atoms with Gasteiger partial charge in [0, 0.05) is 19.6 Å². The van der Waals surface area contributed by atoms with Gasteiger partial charge in [-0.15, -0.1) is 0 Å². The standard InChI is InChI=1S/C24H30N2O3/c27-24-19-29-18-22(17-20-7-3-1-4-8-20)26(24)23(21-9-5-2-6-10-21)11-12-25-13-15-28-16-14-25/h1-10,22-23H,11-19H2. The predicted octanol–water partition coefficient (Wildman–Crippen LogP) is 2.92. The van der Waals surface area contributed by atoms with Crippen molar-refractivity contribution in [3.8, 4) is 0 Å². The molecule has 0 N–H and O–H groups in total. The average molecular weight is 395 g/mol. The van der Waals surface area contributed by atoms with Crippen LogP contribution in [0.2, 0.25) is 0 Å². The summed E-state index contributed by atoms with van der Waals surface area (Å²) in [4.78, 5) is 17.6. The summed E-state index contributed by atoms with van der Waals surface area (Å²) in [6.45, 7) is 5.24. The fourth-order valence-corrected chi connectivity index (χ4v) is 4.38. The molecule has 2 aromatic rings. The molecule has 2 aliphatic rings. The first-order valence-electron chi connectivity index (χ1n) is 10.6. The van der Waals surface area contributed by atoms with Crippen molar-refractivity contribution in [1.82, 2.24) is 9.80 Å². The van der Waals surface area contributed by atoms with Gasteiger partial charge >= 0.3 is 0 Å². The molecule has 2 unspecified atom stereocenters. The molecule has 2 aromatic carbocycles. The second-order valence-corrected chi connectivity index (χ2v) is 7.83. The number of nitrogens with zero attached hydrogens (tertiary/aromatic N) is 2. The third-order valence-electron chi connectivity index (χ3n) is 5.87. The molecule has 5 heteroatoms. The first-order valence-corrected chi connectivity index (χ1v) is 10.6. The lowest BCUT2D eigenvalue weighted by molar-refractivity contribution is -0.152. The van der Waals surface area contributed by atoms with Gasteiger partial charge in [0.15, 0.2) is 0 Å². The van der Waals surface area contributed by atoms with Crippen LogP contribution in [0.4, 0.5) is 0 Å². The molecule has 154 valence electrons. The largest absolute Gasteiger partial charge is 0.379 e. The molecule has 29 heavy (non-hydrogen) atoms. The van der Waals surface area contributed by atoms with Gasteiger partial charge in [0.05, 0.1) is 31.9 Å². The van der Waals surface area contributed by atoms with Crippen LogP contribution in [-0.2, 0) is 20.7 Å². The Morgan fingerprint density at radius 2 is 1.62 bits per heavy atom. The van der Waals surface area contributed by atoms with Crippen molar-refractivity contribution < 1.29 is 14.3 Å². The summed E-state index contributed by atoms with van der Waals surface area (Å²) < 4.78 is 11.1. The van der Waals surface area contributed by atoms with Crippen molar-refractivity contribution in [3.63, 3.8) is 0 Å². The van der Waals surface area contributed by atoms with Crippen LogP contribution in [0.3, 0.4) is 0 Å². The maximum Gasteiger partial charge on any atom is 0.249 e. The molecule has 0 radical (unpaired) electrons. The molecule has 2 fully saturated rings. The van der Waals surface area contributed by atoms with Crippen molar-refractivity contribution >= 4 is 5.91 Å². The number of carbonyl (C=O) groups is 1. The van der Waals surface area contributed by atoms with Gasteiger partial charge < -0.3 is 14.4 Å². The third-order valence-corrected chi connectivity index (χ3v) is 5.87. The lowest BCUT2D eigenvalue weighted by Gasteiger charge is -2.42. The lowest BCUT2D eigenvalue weighted by atomic mass is 9.96. The van der Waals surface area contributed by atoms with Gasteiger partial charge in [0.1, 0.15) is 6.61 Å². The van der Waals surface area contributed by atoms with Crippen LogP contribution in [0, 0.1) is 0 Å². The fraction of sp³-hybridized carbons (Fsp3) is 0.458. The minimum Gasteiger partial charge on any atom is -0.379 e. The average Bonchev–Trinajstić information content (AvgIpc) is 2.78. The van der Waals surface area contributed by atoms with E-state index in [-0.39, 0.29) is 24.6 Å². The Labute approximate surface area is 173 Å². The fourth-order valence-electron chi connectivity index (χ4n) is 4.38. The molecule has 0 spiro atoms. The Morgan fingerprint density at radius 3 is 2.34 bits per heavy atom. The van der Waals surface area contributed by atoms with Gasteiger partial charge in [-0.3, -0.25) is 9.69 Å². The van der Waals surface area contributed by atoms with E-state index in [1.54, 1.807) is 0 Å². The zero-order valence-corrected chi connectivity index (χ0v) is 16.9. The normalized spacial score (nSPS) is 21.9. The summed E-state index contributed by atoms with van der Waals surface area (Å²) in [5.74, 6) is 0.0908. The monoisotopic (exact) mass is 394 g/mol. The SMILES string of the molecule is O=C1COCC(Cc2ccccc2)N1C(CCN1CCOCC1)c1ccccc1. The number of rotatable bonds is 7. The van der Waals surface area contributed by atoms with E-state index in [0.717, 1.165) is 45.7 Å². The van der Waals surface area contributed by atoms with Crippen molar-refractivity contribution in [2.45, 2.75) is 24.9 Å². The molecule has 1 amide bonds. The molecule has 2 heterocycles. The van der Waals surface area contributed by atoms with Crippen molar-refractivity contribution in [3.05, 3.63) is 71.8 Å². The van der Waals surface area contributed by atoms with Crippen molar-refractivity contribution in [2.75, 3.05) is 46.1 Å². The van der Waals surface area contributed by atoms with E-state index >= 15 is 0 Å². The first-order chi connectivity index (χ1) is 14.3.